The predicted molar refractivity (Wildman–Crippen MR) is 81.1 cm³/mol. The van der Waals surface area contributed by atoms with Crippen LogP contribution >= 0.6 is 11.8 Å². The molecule has 3 rings (SSSR count). The van der Waals surface area contributed by atoms with Gasteiger partial charge in [-0.2, -0.15) is 0 Å². The van der Waals surface area contributed by atoms with Gasteiger partial charge in [-0.25, -0.2) is 4.98 Å². The molecule has 0 spiro atoms. The van der Waals surface area contributed by atoms with Crippen LogP contribution in [0.5, 0.6) is 0 Å². The molecule has 1 heterocycles. The Kier molecular flexibility index (Phi) is 4.45. The second kappa shape index (κ2) is 6.49. The second-order valence-electron chi connectivity index (χ2n) is 5.26. The predicted octanol–water partition coefficient (Wildman–Crippen LogP) is 2.34. The van der Waals surface area contributed by atoms with Crippen LogP contribution in [0.2, 0.25) is 0 Å². The molecule has 0 bridgehead atoms. The van der Waals surface area contributed by atoms with E-state index < -0.39 is 6.10 Å². The summed E-state index contributed by atoms with van der Waals surface area (Å²) in [6.07, 6.45) is 3.28. The van der Waals surface area contributed by atoms with E-state index in [4.69, 9.17) is 4.42 Å². The maximum Gasteiger partial charge on any atom is 0.257 e. The largest absolute Gasteiger partial charge is 0.431 e. The van der Waals surface area contributed by atoms with Gasteiger partial charge in [0.15, 0.2) is 5.58 Å². The molecule has 21 heavy (non-hydrogen) atoms. The first-order valence-corrected chi connectivity index (χ1v) is 8.17. The summed E-state index contributed by atoms with van der Waals surface area (Å²) < 4.78 is 5.55. The third kappa shape index (κ3) is 3.57. The fourth-order valence-electron chi connectivity index (χ4n) is 2.57. The van der Waals surface area contributed by atoms with E-state index >= 15 is 0 Å². The van der Waals surface area contributed by atoms with Gasteiger partial charge in [-0.1, -0.05) is 36.7 Å². The number of aliphatic hydroxyl groups is 1. The Labute approximate surface area is 127 Å². The van der Waals surface area contributed by atoms with Gasteiger partial charge in [0, 0.05) is 0 Å². The van der Waals surface area contributed by atoms with Crippen LogP contribution in [0.1, 0.15) is 25.7 Å². The lowest BCUT2D eigenvalue weighted by molar-refractivity contribution is -0.120. The van der Waals surface area contributed by atoms with E-state index in [1.807, 2.05) is 24.3 Å². The highest BCUT2D eigenvalue weighted by Crippen LogP contribution is 2.23. The van der Waals surface area contributed by atoms with Gasteiger partial charge in [0.05, 0.1) is 17.9 Å². The molecule has 0 radical (unpaired) electrons. The van der Waals surface area contributed by atoms with Crippen molar-refractivity contribution in [2.45, 2.75) is 43.1 Å². The van der Waals surface area contributed by atoms with Gasteiger partial charge >= 0.3 is 0 Å². The van der Waals surface area contributed by atoms with E-state index in [1.54, 1.807) is 0 Å². The average molecular weight is 306 g/mol. The van der Waals surface area contributed by atoms with E-state index in [0.717, 1.165) is 36.8 Å². The van der Waals surface area contributed by atoms with E-state index in [2.05, 4.69) is 10.3 Å². The standard InChI is InChI=1S/C15H18N2O3S/c18-12-7-3-1-5-10(12)16-14(19)9-21-15-17-11-6-2-4-8-13(11)20-15/h2,4,6,8,10,12,18H,1,3,5,7,9H2,(H,16,19). The van der Waals surface area contributed by atoms with Gasteiger partial charge in [0.2, 0.25) is 5.91 Å². The summed E-state index contributed by atoms with van der Waals surface area (Å²) >= 11 is 1.27. The number of para-hydroxylation sites is 2. The van der Waals surface area contributed by atoms with Crippen LogP contribution in [0, 0.1) is 0 Å². The molecular weight excluding hydrogens is 288 g/mol. The van der Waals surface area contributed by atoms with Crippen molar-refractivity contribution in [1.82, 2.24) is 10.3 Å². The molecule has 6 heteroatoms. The fourth-order valence-corrected chi connectivity index (χ4v) is 3.22. The molecule has 0 aliphatic heterocycles. The summed E-state index contributed by atoms with van der Waals surface area (Å²) in [7, 11) is 0. The number of carbonyl (C=O) groups excluding carboxylic acids is 1. The molecule has 0 saturated heterocycles. The third-order valence-corrected chi connectivity index (χ3v) is 4.50. The van der Waals surface area contributed by atoms with Gasteiger partial charge in [0.25, 0.3) is 5.22 Å². The number of hydrogen-bond acceptors (Lipinski definition) is 5. The lowest BCUT2D eigenvalue weighted by Gasteiger charge is -2.28. The number of aromatic nitrogens is 1. The summed E-state index contributed by atoms with van der Waals surface area (Å²) in [6, 6.07) is 7.40. The third-order valence-electron chi connectivity index (χ3n) is 3.68. The number of nitrogens with one attached hydrogen (secondary N) is 1. The Hall–Kier alpha value is -1.53. The highest BCUT2D eigenvalue weighted by molar-refractivity contribution is 7.99. The number of hydrogen-bond donors (Lipinski definition) is 2. The SMILES string of the molecule is O=C(CSc1nc2ccccc2o1)NC1CCCCC1O. The van der Waals surface area contributed by atoms with Crippen molar-refractivity contribution in [1.29, 1.82) is 0 Å². The normalized spacial score (nSPS) is 22.3. The molecule has 1 fully saturated rings. The molecule has 2 atom stereocenters. The number of carbonyl (C=O) groups is 1. The van der Waals surface area contributed by atoms with Crippen LogP contribution in [0.25, 0.3) is 11.1 Å². The minimum Gasteiger partial charge on any atom is -0.431 e. The summed E-state index contributed by atoms with van der Waals surface area (Å²) in [4.78, 5) is 16.2. The first kappa shape index (κ1) is 14.4. The van der Waals surface area contributed by atoms with Gasteiger partial charge < -0.3 is 14.8 Å². The molecule has 2 unspecified atom stereocenters. The molecule has 1 aliphatic rings. The molecule has 5 nitrogen and oxygen atoms in total. The van der Waals surface area contributed by atoms with E-state index in [-0.39, 0.29) is 17.7 Å². The van der Waals surface area contributed by atoms with E-state index in [1.165, 1.54) is 11.8 Å². The van der Waals surface area contributed by atoms with Gasteiger partial charge in [-0.15, -0.1) is 0 Å². The number of fused-ring (bicyclic) bond motifs is 1. The molecule has 1 aromatic carbocycles. The Balaban J connectivity index is 1.53. The summed E-state index contributed by atoms with van der Waals surface area (Å²) in [5.74, 6) is 0.156. The van der Waals surface area contributed by atoms with Gasteiger partial charge in [-0.05, 0) is 25.0 Å². The van der Waals surface area contributed by atoms with E-state index in [0.29, 0.717) is 5.22 Å². The van der Waals surface area contributed by atoms with Crippen molar-refractivity contribution < 1.29 is 14.3 Å². The van der Waals surface area contributed by atoms with Crippen LogP contribution in [-0.4, -0.2) is 33.9 Å². The van der Waals surface area contributed by atoms with Crippen LogP contribution in [0.15, 0.2) is 33.9 Å². The van der Waals surface area contributed by atoms with Crippen LogP contribution < -0.4 is 5.32 Å². The number of nitrogens with zero attached hydrogens (tertiary/aromatic N) is 1. The van der Waals surface area contributed by atoms with Crippen molar-refractivity contribution in [3.05, 3.63) is 24.3 Å². The zero-order chi connectivity index (χ0) is 14.7. The number of rotatable bonds is 4. The zero-order valence-corrected chi connectivity index (χ0v) is 12.4. The van der Waals surface area contributed by atoms with Crippen molar-refractivity contribution in [2.24, 2.45) is 0 Å². The topological polar surface area (TPSA) is 75.4 Å². The van der Waals surface area contributed by atoms with Crippen LogP contribution in [-0.2, 0) is 4.79 Å². The molecule has 1 aliphatic carbocycles. The van der Waals surface area contributed by atoms with Crippen molar-refractivity contribution in [2.75, 3.05) is 5.75 Å². The minimum atomic E-state index is -0.419. The number of amides is 1. The monoisotopic (exact) mass is 306 g/mol. The van der Waals surface area contributed by atoms with Gasteiger partial charge in [-0.3, -0.25) is 4.79 Å². The van der Waals surface area contributed by atoms with E-state index in [9.17, 15) is 9.90 Å². The number of benzene rings is 1. The number of oxazole rings is 1. The number of thioether (sulfide) groups is 1. The molecule has 2 aromatic rings. The fraction of sp³-hybridized carbons (Fsp3) is 0.467. The zero-order valence-electron chi connectivity index (χ0n) is 11.6. The van der Waals surface area contributed by atoms with Crippen molar-refractivity contribution in [3.63, 3.8) is 0 Å². The second-order valence-corrected chi connectivity index (χ2v) is 6.19. The molecular formula is C15H18N2O3S. The lowest BCUT2D eigenvalue weighted by atomic mass is 9.93. The average Bonchev–Trinajstić information content (AvgIpc) is 2.90. The van der Waals surface area contributed by atoms with Crippen LogP contribution in [0.3, 0.4) is 0 Å². The number of aliphatic hydroxyl groups excluding tert-OH is 1. The quantitative estimate of drug-likeness (QED) is 0.848. The highest BCUT2D eigenvalue weighted by Gasteiger charge is 2.24. The van der Waals surface area contributed by atoms with Crippen molar-refractivity contribution in [3.8, 4) is 0 Å². The summed E-state index contributed by atoms with van der Waals surface area (Å²) in [5, 5.41) is 13.2. The Morgan fingerprint density at radius 1 is 1.38 bits per heavy atom. The Bertz CT molecular complexity index is 595. The summed E-state index contributed by atoms with van der Waals surface area (Å²) in [6.45, 7) is 0. The first-order valence-electron chi connectivity index (χ1n) is 7.18. The first-order chi connectivity index (χ1) is 10.2. The molecule has 1 aromatic heterocycles. The maximum absolute atomic E-state index is 11.9. The smallest absolute Gasteiger partial charge is 0.257 e. The maximum atomic E-state index is 11.9. The van der Waals surface area contributed by atoms with Gasteiger partial charge in [0.1, 0.15) is 5.52 Å². The molecule has 1 saturated carbocycles. The van der Waals surface area contributed by atoms with Crippen LogP contribution in [0.4, 0.5) is 0 Å². The molecule has 2 N–H and O–H groups in total. The lowest BCUT2D eigenvalue weighted by Crippen LogP contribution is -2.45. The molecule has 112 valence electrons. The minimum absolute atomic E-state index is 0.0896. The molecule has 1 amide bonds. The Morgan fingerprint density at radius 2 is 2.19 bits per heavy atom. The highest BCUT2D eigenvalue weighted by atomic mass is 32.2. The Morgan fingerprint density at radius 3 is 3.00 bits per heavy atom. The summed E-state index contributed by atoms with van der Waals surface area (Å²) in [5.41, 5.74) is 1.52. The van der Waals surface area contributed by atoms with Crippen molar-refractivity contribution >= 4 is 28.8 Å².